The summed E-state index contributed by atoms with van der Waals surface area (Å²) in [5.41, 5.74) is 2.55. The molecule has 122 valence electrons. The number of rotatable bonds is 5. The van der Waals surface area contributed by atoms with E-state index in [-0.39, 0.29) is 12.2 Å². The standard InChI is InChI=1S/C17H13BrN2O4/c1-10-13(15(20-24-10)11-5-3-2-4-6-11)9-23-16-14(18)7-12(8-19-16)17(21)22/h2-8H,9H2,1H3,(H,21,22). The van der Waals surface area contributed by atoms with Gasteiger partial charge in [0.05, 0.1) is 15.6 Å². The van der Waals surface area contributed by atoms with E-state index in [1.165, 1.54) is 12.3 Å². The molecule has 2 heterocycles. The normalized spacial score (nSPS) is 10.6. The van der Waals surface area contributed by atoms with Crippen LogP contribution in [-0.2, 0) is 6.61 Å². The third-order valence-electron chi connectivity index (χ3n) is 3.44. The number of hydrogen-bond donors (Lipinski definition) is 1. The van der Waals surface area contributed by atoms with Crippen LogP contribution in [0.15, 0.2) is 51.6 Å². The first-order valence-corrected chi connectivity index (χ1v) is 7.87. The van der Waals surface area contributed by atoms with Crippen LogP contribution in [-0.4, -0.2) is 21.2 Å². The monoisotopic (exact) mass is 388 g/mol. The van der Waals surface area contributed by atoms with Crippen LogP contribution in [0.5, 0.6) is 5.88 Å². The SMILES string of the molecule is Cc1onc(-c2ccccc2)c1COc1ncc(C(=O)O)cc1Br. The summed E-state index contributed by atoms with van der Waals surface area (Å²) >= 11 is 3.27. The van der Waals surface area contributed by atoms with E-state index in [4.69, 9.17) is 14.4 Å². The lowest BCUT2D eigenvalue weighted by atomic mass is 10.1. The number of ether oxygens (including phenoxy) is 1. The minimum absolute atomic E-state index is 0.0837. The minimum atomic E-state index is -1.05. The van der Waals surface area contributed by atoms with Crippen molar-refractivity contribution < 1.29 is 19.2 Å². The molecule has 0 unspecified atom stereocenters. The molecule has 7 heteroatoms. The van der Waals surface area contributed by atoms with Crippen LogP contribution in [0.2, 0.25) is 0 Å². The number of nitrogens with zero attached hydrogens (tertiary/aromatic N) is 2. The molecule has 1 N–H and O–H groups in total. The molecule has 6 nitrogen and oxygen atoms in total. The van der Waals surface area contributed by atoms with E-state index in [9.17, 15) is 4.79 Å². The fourth-order valence-corrected chi connectivity index (χ4v) is 2.64. The molecule has 0 radical (unpaired) electrons. The highest BCUT2D eigenvalue weighted by Gasteiger charge is 2.16. The Kier molecular flexibility index (Phi) is 4.61. The molecule has 2 aromatic heterocycles. The Morgan fingerprint density at radius 3 is 2.75 bits per heavy atom. The van der Waals surface area contributed by atoms with Gasteiger partial charge in [0.2, 0.25) is 5.88 Å². The molecule has 3 aromatic rings. The molecular formula is C17H13BrN2O4. The van der Waals surface area contributed by atoms with Gasteiger partial charge in [-0.15, -0.1) is 0 Å². The number of carbonyl (C=O) groups is 1. The number of aromatic nitrogens is 2. The number of hydrogen-bond acceptors (Lipinski definition) is 5. The van der Waals surface area contributed by atoms with Gasteiger partial charge >= 0.3 is 5.97 Å². The minimum Gasteiger partial charge on any atom is -0.478 e. The highest BCUT2D eigenvalue weighted by molar-refractivity contribution is 9.10. The van der Waals surface area contributed by atoms with E-state index in [1.807, 2.05) is 37.3 Å². The molecule has 0 bridgehead atoms. The zero-order valence-corrected chi connectivity index (χ0v) is 14.3. The lowest BCUT2D eigenvalue weighted by Gasteiger charge is -2.08. The largest absolute Gasteiger partial charge is 0.478 e. The molecule has 0 atom stereocenters. The van der Waals surface area contributed by atoms with Crippen LogP contribution in [0.1, 0.15) is 21.7 Å². The first-order valence-electron chi connectivity index (χ1n) is 7.08. The quantitative estimate of drug-likeness (QED) is 0.708. The summed E-state index contributed by atoms with van der Waals surface area (Å²) in [5, 5.41) is 13.0. The maximum Gasteiger partial charge on any atom is 0.337 e. The zero-order chi connectivity index (χ0) is 17.1. The summed E-state index contributed by atoms with van der Waals surface area (Å²) in [6.07, 6.45) is 1.25. The molecule has 0 amide bonds. The second-order valence-electron chi connectivity index (χ2n) is 5.04. The maximum absolute atomic E-state index is 10.9. The Morgan fingerprint density at radius 1 is 1.33 bits per heavy atom. The van der Waals surface area contributed by atoms with Crippen molar-refractivity contribution in [2.75, 3.05) is 0 Å². The van der Waals surface area contributed by atoms with Crippen molar-refractivity contribution in [3.63, 3.8) is 0 Å². The highest BCUT2D eigenvalue weighted by atomic mass is 79.9. The first-order chi connectivity index (χ1) is 11.6. The van der Waals surface area contributed by atoms with Gasteiger partial charge in [-0.1, -0.05) is 35.5 Å². The van der Waals surface area contributed by atoms with Crippen LogP contribution in [0, 0.1) is 6.92 Å². The number of carboxylic acid groups (broad SMARTS) is 1. The van der Waals surface area contributed by atoms with Crippen molar-refractivity contribution in [2.24, 2.45) is 0 Å². The second kappa shape index (κ2) is 6.84. The average molecular weight is 389 g/mol. The van der Waals surface area contributed by atoms with Crippen molar-refractivity contribution in [1.82, 2.24) is 10.1 Å². The van der Waals surface area contributed by atoms with Gasteiger partial charge in [0, 0.05) is 11.8 Å². The summed E-state index contributed by atoms with van der Waals surface area (Å²) in [6, 6.07) is 11.1. The molecule has 3 rings (SSSR count). The molecule has 0 aliphatic heterocycles. The van der Waals surface area contributed by atoms with E-state index < -0.39 is 5.97 Å². The Balaban J connectivity index is 1.83. The lowest BCUT2D eigenvalue weighted by Crippen LogP contribution is -2.02. The predicted molar refractivity (Wildman–Crippen MR) is 89.9 cm³/mol. The molecule has 0 saturated heterocycles. The summed E-state index contributed by atoms with van der Waals surface area (Å²) < 4.78 is 11.5. The summed E-state index contributed by atoms with van der Waals surface area (Å²) in [4.78, 5) is 15.0. The predicted octanol–water partition coefficient (Wildman–Crippen LogP) is 4.08. The number of aromatic carboxylic acids is 1. The second-order valence-corrected chi connectivity index (χ2v) is 5.89. The summed E-state index contributed by atoms with van der Waals surface area (Å²) in [6.45, 7) is 2.02. The van der Waals surface area contributed by atoms with Crippen LogP contribution >= 0.6 is 15.9 Å². The Morgan fingerprint density at radius 2 is 2.08 bits per heavy atom. The van der Waals surface area contributed by atoms with Gasteiger partial charge in [-0.05, 0) is 28.9 Å². The van der Waals surface area contributed by atoms with E-state index in [1.54, 1.807) is 0 Å². The molecule has 0 aliphatic carbocycles. The summed E-state index contributed by atoms with van der Waals surface area (Å²) in [5.74, 6) is -0.0808. The lowest BCUT2D eigenvalue weighted by molar-refractivity contribution is 0.0696. The van der Waals surface area contributed by atoms with Crippen LogP contribution in [0.3, 0.4) is 0 Å². The number of halogens is 1. The Hall–Kier alpha value is -2.67. The van der Waals surface area contributed by atoms with E-state index >= 15 is 0 Å². The van der Waals surface area contributed by atoms with E-state index in [2.05, 4.69) is 26.1 Å². The smallest absolute Gasteiger partial charge is 0.337 e. The third-order valence-corrected chi connectivity index (χ3v) is 4.01. The van der Waals surface area contributed by atoms with Gasteiger partial charge in [0.25, 0.3) is 0 Å². The topological polar surface area (TPSA) is 85.5 Å². The van der Waals surface area contributed by atoms with Crippen molar-refractivity contribution in [3.05, 3.63) is 64.0 Å². The molecule has 24 heavy (non-hydrogen) atoms. The van der Waals surface area contributed by atoms with E-state index in [0.717, 1.165) is 11.1 Å². The van der Waals surface area contributed by atoms with Gasteiger partial charge in [-0.3, -0.25) is 0 Å². The Bertz CT molecular complexity index is 878. The molecule has 0 fully saturated rings. The van der Waals surface area contributed by atoms with Crippen molar-refractivity contribution in [1.29, 1.82) is 0 Å². The maximum atomic E-state index is 10.9. The molecular weight excluding hydrogens is 376 g/mol. The highest BCUT2D eigenvalue weighted by Crippen LogP contribution is 2.28. The summed E-state index contributed by atoms with van der Waals surface area (Å²) in [7, 11) is 0. The van der Waals surface area contributed by atoms with Crippen molar-refractivity contribution >= 4 is 21.9 Å². The molecule has 1 aromatic carbocycles. The third kappa shape index (κ3) is 3.30. The van der Waals surface area contributed by atoms with Gasteiger partial charge in [0.15, 0.2) is 0 Å². The van der Waals surface area contributed by atoms with Crippen molar-refractivity contribution in [2.45, 2.75) is 13.5 Å². The fraction of sp³-hybridized carbons (Fsp3) is 0.118. The number of aryl methyl sites for hydroxylation is 1. The van der Waals surface area contributed by atoms with Crippen LogP contribution in [0.25, 0.3) is 11.3 Å². The molecule has 0 spiro atoms. The Labute approximate surface area is 146 Å². The van der Waals surface area contributed by atoms with Gasteiger partial charge in [-0.2, -0.15) is 0 Å². The number of pyridine rings is 1. The van der Waals surface area contributed by atoms with Gasteiger partial charge in [0.1, 0.15) is 18.1 Å². The van der Waals surface area contributed by atoms with Gasteiger partial charge in [-0.25, -0.2) is 9.78 Å². The van der Waals surface area contributed by atoms with Crippen LogP contribution < -0.4 is 4.74 Å². The van der Waals surface area contributed by atoms with Gasteiger partial charge < -0.3 is 14.4 Å². The molecule has 0 aliphatic rings. The first kappa shape index (κ1) is 16.2. The zero-order valence-electron chi connectivity index (χ0n) is 12.7. The molecule has 0 saturated carbocycles. The fourth-order valence-electron chi connectivity index (χ4n) is 2.17. The number of carboxylic acids is 1. The van der Waals surface area contributed by atoms with E-state index in [0.29, 0.717) is 21.8 Å². The van der Waals surface area contributed by atoms with Crippen molar-refractivity contribution in [3.8, 4) is 17.1 Å². The average Bonchev–Trinajstić information content (AvgIpc) is 2.95. The van der Waals surface area contributed by atoms with Crippen LogP contribution in [0.4, 0.5) is 0 Å². The number of benzene rings is 1.